The first-order valence-electron chi connectivity index (χ1n) is 11.6. The van der Waals surface area contributed by atoms with Crippen molar-refractivity contribution in [3.63, 3.8) is 0 Å². The Bertz CT molecular complexity index is 857. The molecule has 5 nitrogen and oxygen atoms in total. The van der Waals surface area contributed by atoms with Crippen molar-refractivity contribution in [3.05, 3.63) is 29.8 Å². The summed E-state index contributed by atoms with van der Waals surface area (Å²) < 4.78 is 44.5. The number of hydrogen-bond donors (Lipinski definition) is 0. The fourth-order valence-corrected chi connectivity index (χ4v) is 6.83. The van der Waals surface area contributed by atoms with Crippen LogP contribution in [0.2, 0.25) is 0 Å². The van der Waals surface area contributed by atoms with Gasteiger partial charge < -0.3 is 14.5 Å². The topological polar surface area (TPSA) is 49.9 Å². The third kappa shape index (κ3) is 4.08. The largest absolute Gasteiger partial charge is 0.455 e. The Balaban J connectivity index is 1.13. The molecule has 174 valence electrons. The van der Waals surface area contributed by atoms with Crippen molar-refractivity contribution in [1.82, 2.24) is 4.90 Å². The first-order valence-corrected chi connectivity index (χ1v) is 11.6. The van der Waals surface area contributed by atoms with Gasteiger partial charge in [0.25, 0.3) is 5.91 Å². The van der Waals surface area contributed by atoms with Crippen molar-refractivity contribution in [2.75, 3.05) is 37.7 Å². The van der Waals surface area contributed by atoms with Gasteiger partial charge in [0.15, 0.2) is 6.61 Å². The second-order valence-electron chi connectivity index (χ2n) is 10.2. The monoisotopic (exact) mass is 450 g/mol. The molecular weight excluding hydrogens is 421 g/mol. The third-order valence-electron chi connectivity index (χ3n) is 7.97. The summed E-state index contributed by atoms with van der Waals surface area (Å²) in [5.41, 5.74) is -0.553. The number of carbonyl (C=O) groups excluding carboxylic acids is 2. The number of ether oxygens (including phenoxy) is 1. The normalized spacial score (nSPS) is 31.7. The SMILES string of the molecule is O=C(COC(=O)C12CC3CC(CC(C3)C1)C2)N1CCN(c2cccc(C(F)(F)F)c2)CC1. The van der Waals surface area contributed by atoms with Gasteiger partial charge in [-0.05, 0) is 74.5 Å². The van der Waals surface area contributed by atoms with Crippen LogP contribution in [0.1, 0.15) is 44.1 Å². The van der Waals surface area contributed by atoms with Crippen molar-refractivity contribution in [1.29, 1.82) is 0 Å². The standard InChI is InChI=1S/C24H29F3N2O3/c25-24(26,27)19-2-1-3-20(11-19)28-4-6-29(7-5-28)21(30)15-32-22(31)23-12-16-8-17(13-23)10-18(9-16)14-23/h1-3,11,16-18H,4-10,12-15H2. The first-order chi connectivity index (χ1) is 15.2. The molecule has 1 heterocycles. The lowest BCUT2D eigenvalue weighted by atomic mass is 9.49. The van der Waals surface area contributed by atoms with Gasteiger partial charge in [0.05, 0.1) is 11.0 Å². The number of halogens is 3. The molecule has 5 fully saturated rings. The molecule has 0 spiro atoms. The van der Waals surface area contributed by atoms with Crippen LogP contribution in [0.4, 0.5) is 18.9 Å². The number of carbonyl (C=O) groups is 2. The Labute approximate surface area is 185 Å². The molecule has 8 heteroatoms. The van der Waals surface area contributed by atoms with Crippen LogP contribution in [0, 0.1) is 23.2 Å². The molecule has 32 heavy (non-hydrogen) atoms. The van der Waals surface area contributed by atoms with E-state index in [1.54, 1.807) is 11.0 Å². The fraction of sp³-hybridized carbons (Fsp3) is 0.667. The Morgan fingerprint density at radius 3 is 2.12 bits per heavy atom. The van der Waals surface area contributed by atoms with Crippen molar-refractivity contribution in [3.8, 4) is 0 Å². The van der Waals surface area contributed by atoms with Crippen LogP contribution in [0.15, 0.2) is 24.3 Å². The summed E-state index contributed by atoms with van der Waals surface area (Å²) in [6.45, 7) is 1.42. The van der Waals surface area contributed by atoms with Crippen LogP contribution in [0.5, 0.6) is 0 Å². The van der Waals surface area contributed by atoms with Gasteiger partial charge in [0.2, 0.25) is 0 Å². The highest BCUT2D eigenvalue weighted by atomic mass is 19.4. The zero-order valence-electron chi connectivity index (χ0n) is 18.1. The molecule has 6 rings (SSSR count). The van der Waals surface area contributed by atoms with Crippen LogP contribution in [0.25, 0.3) is 0 Å². The summed E-state index contributed by atoms with van der Waals surface area (Å²) in [5, 5.41) is 0. The summed E-state index contributed by atoms with van der Waals surface area (Å²) in [4.78, 5) is 29.1. The van der Waals surface area contributed by atoms with E-state index in [1.165, 1.54) is 25.3 Å². The van der Waals surface area contributed by atoms with E-state index in [0.717, 1.165) is 31.4 Å². The van der Waals surface area contributed by atoms with E-state index in [4.69, 9.17) is 4.74 Å². The molecule has 0 aromatic heterocycles. The van der Waals surface area contributed by atoms with E-state index in [1.807, 2.05) is 4.90 Å². The Hall–Kier alpha value is -2.25. The molecule has 0 atom stereocenters. The Morgan fingerprint density at radius 2 is 1.56 bits per heavy atom. The summed E-state index contributed by atoms with van der Waals surface area (Å²) in [6.07, 6.45) is 2.05. The highest BCUT2D eigenvalue weighted by molar-refractivity contribution is 5.83. The maximum atomic E-state index is 13.0. The molecule has 4 aliphatic carbocycles. The van der Waals surface area contributed by atoms with Gasteiger partial charge >= 0.3 is 12.1 Å². The molecular formula is C24H29F3N2O3. The molecule has 1 saturated heterocycles. The highest BCUT2D eigenvalue weighted by Gasteiger charge is 2.55. The zero-order valence-corrected chi connectivity index (χ0v) is 18.1. The van der Waals surface area contributed by atoms with E-state index in [2.05, 4.69) is 0 Å². The minimum Gasteiger partial charge on any atom is -0.455 e. The predicted octanol–water partition coefficient (Wildman–Crippen LogP) is 4.11. The number of rotatable bonds is 4. The van der Waals surface area contributed by atoms with Gasteiger partial charge in [-0.2, -0.15) is 13.2 Å². The molecule has 0 unspecified atom stereocenters. The molecule has 1 aromatic rings. The lowest BCUT2D eigenvalue weighted by Crippen LogP contribution is -2.52. The number of hydrogen-bond acceptors (Lipinski definition) is 4. The molecule has 4 bridgehead atoms. The summed E-state index contributed by atoms with van der Waals surface area (Å²) >= 11 is 0. The van der Waals surface area contributed by atoms with E-state index < -0.39 is 11.7 Å². The van der Waals surface area contributed by atoms with Crippen molar-refractivity contribution < 1.29 is 27.5 Å². The number of nitrogens with zero attached hydrogens (tertiary/aromatic N) is 2. The average Bonchev–Trinajstić information content (AvgIpc) is 2.76. The lowest BCUT2D eigenvalue weighted by Gasteiger charge is -2.55. The van der Waals surface area contributed by atoms with Gasteiger partial charge in [-0.15, -0.1) is 0 Å². The quantitative estimate of drug-likeness (QED) is 0.648. The van der Waals surface area contributed by atoms with Crippen LogP contribution in [-0.2, 0) is 20.5 Å². The minimum atomic E-state index is -4.38. The van der Waals surface area contributed by atoms with E-state index in [9.17, 15) is 22.8 Å². The molecule has 0 N–H and O–H groups in total. The fourth-order valence-electron chi connectivity index (χ4n) is 6.83. The molecule has 1 aliphatic heterocycles. The first kappa shape index (κ1) is 21.6. The van der Waals surface area contributed by atoms with Gasteiger partial charge in [-0.3, -0.25) is 9.59 Å². The average molecular weight is 451 g/mol. The van der Waals surface area contributed by atoms with Gasteiger partial charge in [-0.1, -0.05) is 6.07 Å². The number of esters is 1. The zero-order chi connectivity index (χ0) is 22.5. The van der Waals surface area contributed by atoms with Crippen molar-refractivity contribution >= 4 is 17.6 Å². The second kappa shape index (κ2) is 7.96. The number of alkyl halides is 3. The Morgan fingerprint density at radius 1 is 0.969 bits per heavy atom. The highest BCUT2D eigenvalue weighted by Crippen LogP contribution is 2.60. The summed E-state index contributed by atoms with van der Waals surface area (Å²) in [5.74, 6) is 1.47. The summed E-state index contributed by atoms with van der Waals surface area (Å²) in [6, 6.07) is 5.26. The van der Waals surface area contributed by atoms with Crippen LogP contribution >= 0.6 is 0 Å². The van der Waals surface area contributed by atoms with Gasteiger partial charge in [0, 0.05) is 31.9 Å². The summed E-state index contributed by atoms with van der Waals surface area (Å²) in [7, 11) is 0. The smallest absolute Gasteiger partial charge is 0.416 e. The van der Waals surface area contributed by atoms with Crippen molar-refractivity contribution in [2.24, 2.45) is 23.2 Å². The second-order valence-corrected chi connectivity index (χ2v) is 10.2. The van der Waals surface area contributed by atoms with Crippen LogP contribution in [0.3, 0.4) is 0 Å². The maximum Gasteiger partial charge on any atom is 0.416 e. The lowest BCUT2D eigenvalue weighted by molar-refractivity contribution is -0.174. The van der Waals surface area contributed by atoms with Gasteiger partial charge in [0.1, 0.15) is 0 Å². The van der Waals surface area contributed by atoms with Crippen LogP contribution < -0.4 is 4.90 Å². The van der Waals surface area contributed by atoms with E-state index in [0.29, 0.717) is 49.6 Å². The Kier molecular flexibility index (Phi) is 5.37. The van der Waals surface area contributed by atoms with Crippen LogP contribution in [-0.4, -0.2) is 49.6 Å². The molecule has 1 amide bonds. The molecule has 1 aromatic carbocycles. The number of benzene rings is 1. The number of amides is 1. The van der Waals surface area contributed by atoms with E-state index in [-0.39, 0.29) is 23.9 Å². The van der Waals surface area contributed by atoms with E-state index >= 15 is 0 Å². The number of piperazine rings is 1. The minimum absolute atomic E-state index is 0.201. The molecule has 4 saturated carbocycles. The third-order valence-corrected chi connectivity index (χ3v) is 7.97. The van der Waals surface area contributed by atoms with Gasteiger partial charge in [-0.25, -0.2) is 0 Å². The molecule has 5 aliphatic rings. The molecule has 0 radical (unpaired) electrons. The van der Waals surface area contributed by atoms with Crippen molar-refractivity contribution in [2.45, 2.75) is 44.7 Å². The predicted molar refractivity (Wildman–Crippen MR) is 112 cm³/mol. The number of anilines is 1. The maximum absolute atomic E-state index is 13.0.